The summed E-state index contributed by atoms with van der Waals surface area (Å²) in [6.07, 6.45) is -10.0. The summed E-state index contributed by atoms with van der Waals surface area (Å²) in [7, 11) is 0. The van der Waals surface area contributed by atoms with Gasteiger partial charge in [0.15, 0.2) is 0 Å². The number of amides is 2. The highest BCUT2D eigenvalue weighted by Gasteiger charge is 2.41. The number of hydrogen-bond donors (Lipinski definition) is 0. The highest BCUT2D eigenvalue weighted by Crippen LogP contribution is 2.44. The molecular weight excluding hydrogens is 534 g/mol. The molecule has 0 aliphatic carbocycles. The average molecular weight is 555 g/mol. The van der Waals surface area contributed by atoms with Crippen LogP contribution in [0.25, 0.3) is 0 Å². The van der Waals surface area contributed by atoms with E-state index in [0.717, 1.165) is 0 Å². The number of carbonyl (C=O) groups is 2. The molecule has 1 aliphatic rings. The molecule has 38 heavy (non-hydrogen) atoms. The van der Waals surface area contributed by atoms with Crippen LogP contribution in [0.2, 0.25) is 5.02 Å². The van der Waals surface area contributed by atoms with E-state index in [2.05, 4.69) is 0 Å². The monoisotopic (exact) mass is 554 g/mol. The molecule has 0 radical (unpaired) electrons. The van der Waals surface area contributed by atoms with Crippen molar-refractivity contribution in [2.24, 2.45) is 0 Å². The van der Waals surface area contributed by atoms with Gasteiger partial charge in [-0.2, -0.15) is 26.3 Å². The van der Waals surface area contributed by atoms with Crippen LogP contribution in [0, 0.1) is 0 Å². The lowest BCUT2D eigenvalue weighted by atomic mass is 9.89. The van der Waals surface area contributed by atoms with Crippen molar-refractivity contribution in [3.63, 3.8) is 0 Å². The van der Waals surface area contributed by atoms with Gasteiger partial charge in [-0.3, -0.25) is 9.59 Å². The first-order valence-corrected chi connectivity index (χ1v) is 11.8. The van der Waals surface area contributed by atoms with Crippen LogP contribution in [-0.2, 0) is 17.1 Å². The molecule has 0 saturated carbocycles. The fraction of sp³-hybridized carbons (Fsp3) is 0.259. The lowest BCUT2D eigenvalue weighted by molar-refractivity contribution is -0.143. The molecule has 1 aliphatic heterocycles. The normalized spacial score (nSPS) is 17.7. The molecule has 0 saturated heterocycles. The molecule has 0 fully saturated rings. The van der Waals surface area contributed by atoms with E-state index >= 15 is 0 Å². The van der Waals surface area contributed by atoms with E-state index in [0.29, 0.717) is 28.4 Å². The van der Waals surface area contributed by atoms with Gasteiger partial charge in [-0.15, -0.1) is 0 Å². The number of anilines is 2. The van der Waals surface area contributed by atoms with Crippen molar-refractivity contribution in [3.05, 3.63) is 94.0 Å². The molecule has 0 bridgehead atoms. The minimum atomic E-state index is -5.09. The molecule has 2 unspecified atom stereocenters. The van der Waals surface area contributed by atoms with Crippen molar-refractivity contribution in [2.45, 2.75) is 44.7 Å². The Morgan fingerprint density at radius 1 is 0.895 bits per heavy atom. The van der Waals surface area contributed by atoms with Crippen molar-refractivity contribution >= 4 is 34.8 Å². The third-order valence-electron chi connectivity index (χ3n) is 6.37. The average Bonchev–Trinajstić information content (AvgIpc) is 2.83. The third-order valence-corrected chi connectivity index (χ3v) is 6.62. The zero-order valence-electron chi connectivity index (χ0n) is 20.1. The predicted octanol–water partition coefficient (Wildman–Crippen LogP) is 7.91. The van der Waals surface area contributed by atoms with Gasteiger partial charge in [0.2, 0.25) is 5.91 Å². The molecule has 11 heteroatoms. The quantitative estimate of drug-likeness (QED) is 0.309. The Hall–Kier alpha value is -3.53. The van der Waals surface area contributed by atoms with E-state index < -0.39 is 47.0 Å². The minimum absolute atomic E-state index is 0.0166. The number of para-hydroxylation sites is 1. The molecule has 4 rings (SSSR count). The van der Waals surface area contributed by atoms with Crippen molar-refractivity contribution in [3.8, 4) is 0 Å². The lowest BCUT2D eigenvalue weighted by Gasteiger charge is -2.43. The second-order valence-electron chi connectivity index (χ2n) is 8.99. The summed E-state index contributed by atoms with van der Waals surface area (Å²) < 4.78 is 80.5. The predicted molar refractivity (Wildman–Crippen MR) is 131 cm³/mol. The smallest absolute Gasteiger partial charge is 0.305 e. The Morgan fingerprint density at radius 3 is 1.97 bits per heavy atom. The van der Waals surface area contributed by atoms with Crippen LogP contribution in [0.15, 0.2) is 66.7 Å². The topological polar surface area (TPSA) is 40.6 Å². The van der Waals surface area contributed by atoms with E-state index in [1.54, 1.807) is 55.5 Å². The zero-order chi connectivity index (χ0) is 28.0. The minimum Gasteiger partial charge on any atom is -0.305 e. The van der Waals surface area contributed by atoms with Gasteiger partial charge in [0.05, 0.1) is 17.2 Å². The van der Waals surface area contributed by atoms with Crippen molar-refractivity contribution in [1.29, 1.82) is 0 Å². The molecule has 2 atom stereocenters. The lowest BCUT2D eigenvalue weighted by Crippen LogP contribution is -2.47. The van der Waals surface area contributed by atoms with E-state index in [-0.39, 0.29) is 24.1 Å². The van der Waals surface area contributed by atoms with Gasteiger partial charge in [-0.05, 0) is 67.4 Å². The molecule has 3 aromatic rings. The number of halogens is 7. The summed E-state index contributed by atoms with van der Waals surface area (Å²) in [6, 6.07) is 12.7. The van der Waals surface area contributed by atoms with E-state index in [4.69, 9.17) is 11.6 Å². The van der Waals surface area contributed by atoms with Crippen LogP contribution in [0.4, 0.5) is 37.7 Å². The van der Waals surface area contributed by atoms with Gasteiger partial charge in [0.25, 0.3) is 5.91 Å². The molecule has 4 nitrogen and oxygen atoms in total. The Balaban J connectivity index is 1.81. The highest BCUT2D eigenvalue weighted by molar-refractivity contribution is 6.30. The first kappa shape index (κ1) is 27.5. The SMILES string of the molecule is CC(=O)N(c1ccc(Cl)cc1)C1CC(C)N(C(=O)c2cc(C(F)(F)F)cc(C(F)(F)F)c2)c2ccccc21. The number of rotatable bonds is 3. The Kier molecular flexibility index (Phi) is 7.22. The first-order valence-electron chi connectivity index (χ1n) is 11.5. The molecule has 0 N–H and O–H groups in total. The fourth-order valence-corrected chi connectivity index (χ4v) is 4.86. The first-order chi connectivity index (χ1) is 17.7. The number of hydrogen-bond acceptors (Lipinski definition) is 2. The summed E-state index contributed by atoms with van der Waals surface area (Å²) in [6.45, 7) is 3.00. The molecule has 1 heterocycles. The number of benzene rings is 3. The number of alkyl halides is 6. The second kappa shape index (κ2) is 9.98. The van der Waals surface area contributed by atoms with Gasteiger partial charge < -0.3 is 9.80 Å². The van der Waals surface area contributed by atoms with Crippen LogP contribution in [0.3, 0.4) is 0 Å². The summed E-state index contributed by atoms with van der Waals surface area (Å²) in [5.74, 6) is -1.31. The molecule has 200 valence electrons. The number of nitrogens with zero attached hydrogens (tertiary/aromatic N) is 2. The van der Waals surface area contributed by atoms with E-state index in [1.807, 2.05) is 0 Å². The second-order valence-corrected chi connectivity index (χ2v) is 9.43. The zero-order valence-corrected chi connectivity index (χ0v) is 20.8. The summed E-state index contributed by atoms with van der Waals surface area (Å²) >= 11 is 5.99. The van der Waals surface area contributed by atoms with Crippen LogP contribution < -0.4 is 9.80 Å². The van der Waals surface area contributed by atoms with Crippen LogP contribution in [0.5, 0.6) is 0 Å². The molecule has 0 spiro atoms. The summed E-state index contributed by atoms with van der Waals surface area (Å²) in [5.41, 5.74) is -2.54. The Morgan fingerprint density at radius 2 is 1.45 bits per heavy atom. The Bertz CT molecular complexity index is 1340. The fourth-order valence-electron chi connectivity index (χ4n) is 4.74. The van der Waals surface area contributed by atoms with Crippen molar-refractivity contribution in [2.75, 3.05) is 9.80 Å². The summed E-state index contributed by atoms with van der Waals surface area (Å²) in [5, 5.41) is 0.464. The molecule has 2 amide bonds. The van der Waals surface area contributed by atoms with Gasteiger partial charge >= 0.3 is 12.4 Å². The molecule has 3 aromatic carbocycles. The summed E-state index contributed by atoms with van der Waals surface area (Å²) in [4.78, 5) is 29.0. The standard InChI is InChI=1S/C27H21ClF6N2O2/c1-15-11-24(36(16(2)37)21-9-7-20(28)8-10-21)22-5-3-4-6-23(22)35(15)25(38)17-12-18(26(29,30)31)14-19(13-17)27(32,33)34/h3-10,12-15,24H,11H2,1-2H3. The maximum atomic E-state index is 13.5. The Labute approximate surface area is 219 Å². The molecule has 0 aromatic heterocycles. The van der Waals surface area contributed by atoms with Crippen LogP contribution in [-0.4, -0.2) is 17.9 Å². The van der Waals surface area contributed by atoms with Gasteiger partial charge in [0.1, 0.15) is 0 Å². The van der Waals surface area contributed by atoms with Crippen LogP contribution in [0.1, 0.15) is 53.4 Å². The number of fused-ring (bicyclic) bond motifs is 1. The van der Waals surface area contributed by atoms with Crippen molar-refractivity contribution in [1.82, 2.24) is 0 Å². The van der Waals surface area contributed by atoms with Gasteiger partial charge in [-0.1, -0.05) is 29.8 Å². The highest BCUT2D eigenvalue weighted by atomic mass is 35.5. The van der Waals surface area contributed by atoms with E-state index in [9.17, 15) is 35.9 Å². The largest absolute Gasteiger partial charge is 0.416 e. The molecular formula is C27H21ClF6N2O2. The number of carbonyl (C=O) groups excluding carboxylic acids is 2. The maximum Gasteiger partial charge on any atom is 0.416 e. The third kappa shape index (κ3) is 5.36. The van der Waals surface area contributed by atoms with Crippen molar-refractivity contribution < 1.29 is 35.9 Å². The van der Waals surface area contributed by atoms with Gasteiger partial charge in [-0.25, -0.2) is 0 Å². The van der Waals surface area contributed by atoms with Crippen LogP contribution >= 0.6 is 11.6 Å². The van der Waals surface area contributed by atoms with Gasteiger partial charge in [0, 0.05) is 34.9 Å². The maximum absolute atomic E-state index is 13.5. The van der Waals surface area contributed by atoms with E-state index in [1.165, 1.54) is 16.7 Å².